The molecule has 37 heavy (non-hydrogen) atoms. The maximum absolute atomic E-state index is 13.7. The molecular weight excluding hydrogens is 496 g/mol. The number of sulfonamides is 1. The third-order valence-electron chi connectivity index (χ3n) is 5.48. The van der Waals surface area contributed by atoms with Crippen LogP contribution in [0.3, 0.4) is 0 Å². The number of methoxy groups -OCH3 is 3. The van der Waals surface area contributed by atoms with E-state index in [1.165, 1.54) is 32.4 Å². The van der Waals surface area contributed by atoms with Crippen LogP contribution in [-0.2, 0) is 14.8 Å². The van der Waals surface area contributed by atoms with Gasteiger partial charge in [0.15, 0.2) is 11.5 Å². The Balaban J connectivity index is 1.78. The monoisotopic (exact) mass is 528 g/mol. The first-order valence-corrected chi connectivity index (χ1v) is 13.0. The SMILES string of the molecule is COc1ccc(OCCNC(=O)CN(c2cc(C)cc(C)c2)S(=O)(=O)c2ccc(OC)c(OC)c2)cc1. The smallest absolute Gasteiger partial charge is 0.264 e. The summed E-state index contributed by atoms with van der Waals surface area (Å²) in [5.41, 5.74) is 2.13. The molecule has 0 spiro atoms. The van der Waals surface area contributed by atoms with E-state index in [2.05, 4.69) is 5.32 Å². The molecule has 198 valence electrons. The van der Waals surface area contributed by atoms with Crippen molar-refractivity contribution in [1.82, 2.24) is 5.32 Å². The number of anilines is 1. The second-order valence-corrected chi connectivity index (χ2v) is 10.1. The molecule has 0 atom stereocenters. The van der Waals surface area contributed by atoms with Gasteiger partial charge in [-0.2, -0.15) is 0 Å². The molecule has 3 aromatic carbocycles. The molecule has 1 amide bonds. The molecule has 0 fully saturated rings. The van der Waals surface area contributed by atoms with Gasteiger partial charge in [-0.05, 0) is 73.5 Å². The molecule has 0 aromatic heterocycles. The quantitative estimate of drug-likeness (QED) is 0.358. The molecule has 0 saturated carbocycles. The number of ether oxygens (including phenoxy) is 4. The van der Waals surface area contributed by atoms with Crippen molar-refractivity contribution in [3.05, 3.63) is 71.8 Å². The van der Waals surface area contributed by atoms with Crippen LogP contribution in [0.2, 0.25) is 0 Å². The van der Waals surface area contributed by atoms with Crippen LogP contribution in [0.25, 0.3) is 0 Å². The number of rotatable bonds is 12. The van der Waals surface area contributed by atoms with Gasteiger partial charge in [-0.1, -0.05) is 6.07 Å². The van der Waals surface area contributed by atoms with Crippen molar-refractivity contribution < 1.29 is 32.2 Å². The fourth-order valence-corrected chi connectivity index (χ4v) is 5.15. The zero-order chi connectivity index (χ0) is 27.0. The highest BCUT2D eigenvalue weighted by Crippen LogP contribution is 2.32. The summed E-state index contributed by atoms with van der Waals surface area (Å²) in [5, 5.41) is 2.73. The lowest BCUT2D eigenvalue weighted by Gasteiger charge is -2.25. The molecule has 1 N–H and O–H groups in total. The fourth-order valence-electron chi connectivity index (χ4n) is 3.73. The van der Waals surface area contributed by atoms with Crippen LogP contribution < -0.4 is 28.6 Å². The lowest BCUT2D eigenvalue weighted by atomic mass is 10.1. The number of carbonyl (C=O) groups excluding carboxylic acids is 1. The molecule has 3 aromatic rings. The maximum atomic E-state index is 13.7. The van der Waals surface area contributed by atoms with Gasteiger partial charge in [0.2, 0.25) is 5.91 Å². The molecule has 0 bridgehead atoms. The van der Waals surface area contributed by atoms with Crippen LogP contribution in [0.1, 0.15) is 11.1 Å². The number of nitrogens with zero attached hydrogens (tertiary/aromatic N) is 1. The largest absolute Gasteiger partial charge is 0.497 e. The summed E-state index contributed by atoms with van der Waals surface area (Å²) in [5.74, 6) is 1.53. The first-order chi connectivity index (χ1) is 17.7. The summed E-state index contributed by atoms with van der Waals surface area (Å²) in [4.78, 5) is 12.8. The lowest BCUT2D eigenvalue weighted by Crippen LogP contribution is -2.42. The molecule has 3 rings (SSSR count). The summed E-state index contributed by atoms with van der Waals surface area (Å²) in [6.07, 6.45) is 0. The standard InChI is InChI=1S/C27H32N2O7S/c1-19-14-20(2)16-21(15-19)29(37(31,32)24-10-11-25(34-4)26(17-24)35-5)18-27(30)28-12-13-36-23-8-6-22(33-3)7-9-23/h6-11,14-17H,12-13,18H2,1-5H3,(H,28,30). The summed E-state index contributed by atoms with van der Waals surface area (Å²) in [7, 11) is 0.352. The molecular formula is C27H32N2O7S. The van der Waals surface area contributed by atoms with Crippen molar-refractivity contribution in [2.75, 3.05) is 45.3 Å². The summed E-state index contributed by atoms with van der Waals surface area (Å²) in [6.45, 7) is 3.73. The van der Waals surface area contributed by atoms with E-state index in [-0.39, 0.29) is 23.8 Å². The average molecular weight is 529 g/mol. The number of carbonyl (C=O) groups is 1. The van der Waals surface area contributed by atoms with Crippen molar-refractivity contribution in [2.24, 2.45) is 0 Å². The van der Waals surface area contributed by atoms with Gasteiger partial charge in [-0.15, -0.1) is 0 Å². The lowest BCUT2D eigenvalue weighted by molar-refractivity contribution is -0.119. The number of amides is 1. The Morgan fingerprint density at radius 3 is 2.03 bits per heavy atom. The van der Waals surface area contributed by atoms with Crippen molar-refractivity contribution >= 4 is 21.6 Å². The second kappa shape index (κ2) is 12.4. The highest BCUT2D eigenvalue weighted by atomic mass is 32.2. The summed E-state index contributed by atoms with van der Waals surface area (Å²) in [6, 6.07) is 16.8. The van der Waals surface area contributed by atoms with E-state index in [0.29, 0.717) is 22.9 Å². The minimum absolute atomic E-state index is 0.0278. The van der Waals surface area contributed by atoms with E-state index >= 15 is 0 Å². The first-order valence-electron chi connectivity index (χ1n) is 11.5. The van der Waals surface area contributed by atoms with Gasteiger partial charge < -0.3 is 24.3 Å². The summed E-state index contributed by atoms with van der Waals surface area (Å²) < 4.78 is 49.8. The molecule has 0 heterocycles. The molecule has 9 nitrogen and oxygen atoms in total. The van der Waals surface area contributed by atoms with Crippen LogP contribution in [-0.4, -0.2) is 55.4 Å². The Labute approximate surface area is 218 Å². The predicted octanol–water partition coefficient (Wildman–Crippen LogP) is 3.72. The predicted molar refractivity (Wildman–Crippen MR) is 141 cm³/mol. The van der Waals surface area contributed by atoms with Crippen molar-refractivity contribution in [3.8, 4) is 23.0 Å². The Kier molecular flexibility index (Phi) is 9.24. The molecule has 0 radical (unpaired) electrons. The van der Waals surface area contributed by atoms with Gasteiger partial charge >= 0.3 is 0 Å². The van der Waals surface area contributed by atoms with E-state index in [1.807, 2.05) is 19.9 Å². The van der Waals surface area contributed by atoms with E-state index in [4.69, 9.17) is 18.9 Å². The van der Waals surface area contributed by atoms with Crippen LogP contribution in [0.4, 0.5) is 5.69 Å². The minimum atomic E-state index is -4.13. The number of hydrogen-bond donors (Lipinski definition) is 1. The minimum Gasteiger partial charge on any atom is -0.497 e. The summed E-state index contributed by atoms with van der Waals surface area (Å²) >= 11 is 0. The normalized spacial score (nSPS) is 10.9. The van der Waals surface area contributed by atoms with E-state index < -0.39 is 22.5 Å². The van der Waals surface area contributed by atoms with Crippen molar-refractivity contribution in [2.45, 2.75) is 18.7 Å². The molecule has 0 aliphatic carbocycles. The van der Waals surface area contributed by atoms with E-state index in [9.17, 15) is 13.2 Å². The van der Waals surface area contributed by atoms with Gasteiger partial charge in [0.05, 0.1) is 38.5 Å². The number of hydrogen-bond acceptors (Lipinski definition) is 7. The Morgan fingerprint density at radius 1 is 0.811 bits per heavy atom. The zero-order valence-electron chi connectivity index (χ0n) is 21.6. The van der Waals surface area contributed by atoms with Gasteiger partial charge in [-0.3, -0.25) is 9.10 Å². The number of benzene rings is 3. The molecule has 0 saturated heterocycles. The molecule has 10 heteroatoms. The topological polar surface area (TPSA) is 103 Å². The molecule has 0 unspecified atom stereocenters. The second-order valence-electron chi connectivity index (χ2n) is 8.25. The van der Waals surface area contributed by atoms with E-state index in [1.54, 1.807) is 43.5 Å². The molecule has 0 aliphatic heterocycles. The average Bonchev–Trinajstić information content (AvgIpc) is 2.88. The van der Waals surface area contributed by atoms with Gasteiger partial charge in [0.25, 0.3) is 10.0 Å². The highest BCUT2D eigenvalue weighted by Gasteiger charge is 2.28. The zero-order valence-corrected chi connectivity index (χ0v) is 22.4. The molecule has 0 aliphatic rings. The van der Waals surface area contributed by atoms with Crippen molar-refractivity contribution in [3.63, 3.8) is 0 Å². The number of aryl methyl sites for hydroxylation is 2. The van der Waals surface area contributed by atoms with Crippen molar-refractivity contribution in [1.29, 1.82) is 0 Å². The van der Waals surface area contributed by atoms with Gasteiger partial charge in [0, 0.05) is 6.07 Å². The Hall–Kier alpha value is -3.92. The van der Waals surface area contributed by atoms with Crippen LogP contribution >= 0.6 is 0 Å². The maximum Gasteiger partial charge on any atom is 0.264 e. The Bertz CT molecular complexity index is 1300. The number of nitrogens with one attached hydrogen (secondary N) is 1. The fraction of sp³-hybridized carbons (Fsp3) is 0.296. The van der Waals surface area contributed by atoms with Crippen LogP contribution in [0.5, 0.6) is 23.0 Å². The third-order valence-corrected chi connectivity index (χ3v) is 7.25. The Morgan fingerprint density at radius 2 is 1.43 bits per heavy atom. The first kappa shape index (κ1) is 27.7. The van der Waals surface area contributed by atoms with Crippen LogP contribution in [0.15, 0.2) is 65.6 Å². The van der Waals surface area contributed by atoms with Gasteiger partial charge in [-0.25, -0.2) is 8.42 Å². The van der Waals surface area contributed by atoms with Gasteiger partial charge in [0.1, 0.15) is 24.7 Å². The van der Waals surface area contributed by atoms with Crippen LogP contribution in [0, 0.1) is 13.8 Å². The highest BCUT2D eigenvalue weighted by molar-refractivity contribution is 7.92. The van der Waals surface area contributed by atoms with E-state index in [0.717, 1.165) is 15.4 Å². The third kappa shape index (κ3) is 7.07.